The fourth-order valence-electron chi connectivity index (χ4n) is 2.79. The monoisotopic (exact) mass is 401 g/mol. The molecule has 5 nitrogen and oxygen atoms in total. The molecular weight excluding hydrogens is 374 g/mol. The number of carbonyl (C=O) groups is 2. The van der Waals surface area contributed by atoms with Gasteiger partial charge in [0.1, 0.15) is 6.61 Å². The van der Waals surface area contributed by atoms with Gasteiger partial charge in [0.25, 0.3) is 0 Å². The molecule has 2 aliphatic heterocycles. The summed E-state index contributed by atoms with van der Waals surface area (Å²) in [5.74, 6) is -0.831. The lowest BCUT2D eigenvalue weighted by Gasteiger charge is -2.48. The molecule has 0 spiro atoms. The maximum absolute atomic E-state index is 12.7. The van der Waals surface area contributed by atoms with E-state index in [2.05, 4.69) is 40.4 Å². The van der Waals surface area contributed by atoms with Crippen molar-refractivity contribution in [1.82, 2.24) is 4.90 Å². The van der Waals surface area contributed by atoms with Crippen LogP contribution in [0.4, 0.5) is 0 Å². The Morgan fingerprint density at radius 3 is 2.60 bits per heavy atom. The molecule has 0 bridgehead atoms. The first kappa shape index (κ1) is 20.6. The van der Waals surface area contributed by atoms with E-state index in [1.807, 2.05) is 6.92 Å². The molecular formula is C17H27NO4S2Si. The molecule has 0 saturated carbocycles. The normalized spacial score (nSPS) is 27.6. The number of fused-ring (bicyclic) bond motifs is 1. The third-order valence-corrected chi connectivity index (χ3v) is 11.5. The van der Waals surface area contributed by atoms with Crippen molar-refractivity contribution < 1.29 is 18.8 Å². The number of ether oxygens (including phenoxy) is 1. The number of hydrogen-bond donors (Lipinski definition) is 0. The molecule has 2 saturated heterocycles. The van der Waals surface area contributed by atoms with Gasteiger partial charge in [0.2, 0.25) is 5.91 Å². The van der Waals surface area contributed by atoms with E-state index in [1.165, 1.54) is 17.8 Å². The number of nitrogens with zero attached hydrogens (tertiary/aromatic N) is 1. The summed E-state index contributed by atoms with van der Waals surface area (Å²) in [7, 11) is -1.98. The Kier molecular flexibility index (Phi) is 5.88. The van der Waals surface area contributed by atoms with Gasteiger partial charge in [-0.05, 0) is 25.1 Å². The third-order valence-electron chi connectivity index (χ3n) is 5.22. The number of rotatable bonds is 6. The quantitative estimate of drug-likeness (QED) is 0.224. The fraction of sp³-hybridized carbons (Fsp3) is 0.706. The number of amides is 1. The zero-order valence-electron chi connectivity index (χ0n) is 15.7. The van der Waals surface area contributed by atoms with Gasteiger partial charge in [0.05, 0.1) is 21.6 Å². The van der Waals surface area contributed by atoms with Gasteiger partial charge < -0.3 is 14.1 Å². The zero-order valence-corrected chi connectivity index (χ0v) is 18.3. The number of thioether (sulfide) groups is 1. The lowest BCUT2D eigenvalue weighted by molar-refractivity contribution is -0.166. The maximum atomic E-state index is 12.7. The van der Waals surface area contributed by atoms with Crippen molar-refractivity contribution in [3.8, 4) is 0 Å². The molecule has 0 radical (unpaired) electrons. The van der Waals surface area contributed by atoms with Gasteiger partial charge >= 0.3 is 5.97 Å². The topological polar surface area (TPSA) is 55.8 Å². The van der Waals surface area contributed by atoms with Crippen molar-refractivity contribution in [3.63, 3.8) is 0 Å². The first-order chi connectivity index (χ1) is 11.4. The molecule has 0 unspecified atom stereocenters. The molecule has 2 rings (SSSR count). The molecule has 2 heterocycles. The average Bonchev–Trinajstić information content (AvgIpc) is 2.76. The van der Waals surface area contributed by atoms with Crippen molar-refractivity contribution in [2.24, 2.45) is 5.92 Å². The summed E-state index contributed by atoms with van der Waals surface area (Å²) in [5, 5.41) is -0.0656. The Morgan fingerprint density at radius 2 is 2.08 bits per heavy atom. The minimum absolute atomic E-state index is 0.0723. The summed E-state index contributed by atoms with van der Waals surface area (Å²) in [6.07, 6.45) is 1.30. The molecule has 0 aromatic rings. The second-order valence-corrected chi connectivity index (χ2v) is 14.6. The van der Waals surface area contributed by atoms with Crippen LogP contribution in [-0.2, 0) is 18.8 Å². The summed E-state index contributed by atoms with van der Waals surface area (Å²) in [5.41, 5.74) is 0. The molecule has 1 amide bonds. The molecule has 0 aliphatic carbocycles. The third kappa shape index (κ3) is 3.72. The molecule has 0 N–H and O–H groups in total. The lowest BCUT2D eigenvalue weighted by Crippen LogP contribution is -2.65. The second-order valence-electron chi connectivity index (χ2n) is 8.00. The highest BCUT2D eigenvalue weighted by Gasteiger charge is 2.61. The van der Waals surface area contributed by atoms with Gasteiger partial charge in [-0.1, -0.05) is 57.4 Å². The van der Waals surface area contributed by atoms with Gasteiger partial charge in [-0.2, -0.15) is 0 Å². The largest absolute Gasteiger partial charge is 0.460 e. The van der Waals surface area contributed by atoms with Crippen LogP contribution in [0.3, 0.4) is 0 Å². The summed E-state index contributed by atoms with van der Waals surface area (Å²) in [4.78, 5) is 26.5. The second kappa shape index (κ2) is 7.13. The van der Waals surface area contributed by atoms with Crippen molar-refractivity contribution in [2.45, 2.75) is 63.3 Å². The van der Waals surface area contributed by atoms with Crippen molar-refractivity contribution in [3.05, 3.63) is 12.7 Å². The van der Waals surface area contributed by atoms with Gasteiger partial charge in [0, 0.05) is 0 Å². The molecule has 2 fully saturated rings. The van der Waals surface area contributed by atoms with Crippen LogP contribution in [-0.4, -0.2) is 53.4 Å². The van der Waals surface area contributed by atoms with Crippen molar-refractivity contribution in [1.29, 1.82) is 0 Å². The summed E-state index contributed by atoms with van der Waals surface area (Å²) in [6.45, 7) is 16.5. The van der Waals surface area contributed by atoms with E-state index >= 15 is 0 Å². The predicted octanol–water partition coefficient (Wildman–Crippen LogP) is 3.35. The number of hydrogen-bond acceptors (Lipinski definition) is 6. The molecule has 0 aromatic carbocycles. The maximum Gasteiger partial charge on any atom is 0.335 e. The number of thiocarbonyl (C=S) groups is 1. The van der Waals surface area contributed by atoms with E-state index in [1.54, 1.807) is 4.90 Å². The van der Waals surface area contributed by atoms with E-state index in [0.29, 0.717) is 4.20 Å². The summed E-state index contributed by atoms with van der Waals surface area (Å²) >= 11 is 6.74. The number of β-lactam (4-membered cyclic amide) rings is 1. The van der Waals surface area contributed by atoms with E-state index in [9.17, 15) is 9.59 Å². The lowest BCUT2D eigenvalue weighted by atomic mass is 9.91. The Hall–Kier alpha value is -0.703. The van der Waals surface area contributed by atoms with Gasteiger partial charge in [-0.15, -0.1) is 0 Å². The van der Waals surface area contributed by atoms with Crippen LogP contribution >= 0.6 is 24.0 Å². The highest BCUT2D eigenvalue weighted by atomic mass is 32.2. The molecule has 140 valence electrons. The van der Waals surface area contributed by atoms with Crippen LogP contribution in [0.25, 0.3) is 0 Å². The smallest absolute Gasteiger partial charge is 0.335 e. The van der Waals surface area contributed by atoms with E-state index in [-0.39, 0.29) is 34.9 Å². The van der Waals surface area contributed by atoms with Crippen LogP contribution in [0.15, 0.2) is 12.7 Å². The van der Waals surface area contributed by atoms with Crippen LogP contribution in [0.1, 0.15) is 27.7 Å². The Morgan fingerprint density at radius 1 is 1.48 bits per heavy atom. The minimum Gasteiger partial charge on any atom is -0.460 e. The van der Waals surface area contributed by atoms with Crippen LogP contribution < -0.4 is 0 Å². The first-order valence-electron chi connectivity index (χ1n) is 8.40. The number of carbonyl (C=O) groups excluding carboxylic acids is 2. The molecule has 25 heavy (non-hydrogen) atoms. The average molecular weight is 402 g/mol. The highest BCUT2D eigenvalue weighted by molar-refractivity contribution is 8.24. The van der Waals surface area contributed by atoms with Crippen LogP contribution in [0.5, 0.6) is 0 Å². The Balaban J connectivity index is 2.09. The van der Waals surface area contributed by atoms with Gasteiger partial charge in [-0.25, -0.2) is 4.79 Å². The van der Waals surface area contributed by atoms with Crippen LogP contribution in [0, 0.1) is 5.92 Å². The zero-order chi connectivity index (χ0) is 19.2. The molecule has 0 aromatic heterocycles. The van der Waals surface area contributed by atoms with Gasteiger partial charge in [0.15, 0.2) is 14.4 Å². The number of esters is 1. The minimum atomic E-state index is -1.98. The summed E-state index contributed by atoms with van der Waals surface area (Å²) in [6, 6.07) is -0.770. The van der Waals surface area contributed by atoms with E-state index < -0.39 is 20.3 Å². The van der Waals surface area contributed by atoms with Crippen molar-refractivity contribution in [2.75, 3.05) is 6.61 Å². The van der Waals surface area contributed by atoms with E-state index in [4.69, 9.17) is 21.4 Å². The Labute approximate surface area is 160 Å². The van der Waals surface area contributed by atoms with Crippen molar-refractivity contribution >= 4 is 48.4 Å². The fourth-order valence-corrected chi connectivity index (χ4v) is 6.12. The Bertz CT molecular complexity index is 602. The molecule has 2 aliphatic rings. The highest BCUT2D eigenvalue weighted by Crippen LogP contribution is 2.48. The molecule has 8 heteroatoms. The summed E-state index contributed by atoms with van der Waals surface area (Å²) < 4.78 is 12.0. The molecule has 4 atom stereocenters. The van der Waals surface area contributed by atoms with E-state index in [0.717, 1.165) is 0 Å². The van der Waals surface area contributed by atoms with Crippen LogP contribution in [0.2, 0.25) is 18.1 Å². The first-order valence-corrected chi connectivity index (χ1v) is 12.6. The SMILES string of the molecule is C=CCOC(=O)[C@H]1C(=S)S[C@@H]2[C@@H]([C@@H](C)O[Si](C)(C)C(C)(C)C)C(=O)N12. The standard InChI is InChI=1S/C17H27NO4S2Si/c1-8-9-21-15(20)12-16(23)24-14-11(13(19)18(12)14)10(2)22-25(6,7)17(3,4)5/h8,10-12,14H,1,9H2,2-7H3/t10-,11+,12+,14-/m1/s1. The predicted molar refractivity (Wildman–Crippen MR) is 107 cm³/mol. The van der Waals surface area contributed by atoms with Gasteiger partial charge in [-0.3, -0.25) is 4.79 Å².